The lowest BCUT2D eigenvalue weighted by Gasteiger charge is -1.91. The van der Waals surface area contributed by atoms with Crippen LogP contribution in [0.1, 0.15) is 0 Å². The molecule has 0 saturated carbocycles. The van der Waals surface area contributed by atoms with Gasteiger partial charge in [-0.2, -0.15) is 0 Å². The van der Waals surface area contributed by atoms with E-state index in [-0.39, 0.29) is 0 Å². The van der Waals surface area contributed by atoms with Crippen LogP contribution in [-0.4, -0.2) is 4.98 Å². The second kappa shape index (κ2) is 2.73. The van der Waals surface area contributed by atoms with E-state index in [0.717, 1.165) is 19.7 Å². The Kier molecular flexibility index (Phi) is 1.87. The number of aromatic nitrogens is 1. The summed E-state index contributed by atoms with van der Waals surface area (Å²) >= 11 is 10.9. The van der Waals surface area contributed by atoms with Gasteiger partial charge in [0.1, 0.15) is 4.83 Å². The number of fused-ring (bicyclic) bond motifs is 1. The van der Waals surface area contributed by atoms with Gasteiger partial charge in [0.05, 0.1) is 5.02 Å². The summed E-state index contributed by atoms with van der Waals surface area (Å²) in [7, 11) is 0. The minimum absolute atomic E-state index is 0.753. The molecule has 2 heterocycles. The SMILES string of the molecule is Clc1ccnc2scc(Br)c12. The van der Waals surface area contributed by atoms with Crippen LogP contribution in [-0.2, 0) is 0 Å². The molecular weight excluding hydrogens is 246 g/mol. The summed E-state index contributed by atoms with van der Waals surface area (Å²) in [5, 5.41) is 3.76. The molecule has 0 radical (unpaired) electrons. The predicted octanol–water partition coefficient (Wildman–Crippen LogP) is 3.71. The van der Waals surface area contributed by atoms with E-state index in [1.54, 1.807) is 23.6 Å². The van der Waals surface area contributed by atoms with Gasteiger partial charge in [-0.25, -0.2) is 4.98 Å². The van der Waals surface area contributed by atoms with Gasteiger partial charge in [0, 0.05) is 21.4 Å². The highest BCUT2D eigenvalue weighted by Crippen LogP contribution is 2.33. The van der Waals surface area contributed by atoms with E-state index in [0.29, 0.717) is 0 Å². The highest BCUT2D eigenvalue weighted by molar-refractivity contribution is 9.10. The summed E-state index contributed by atoms with van der Waals surface area (Å²) in [4.78, 5) is 5.14. The van der Waals surface area contributed by atoms with Crippen LogP contribution in [0.15, 0.2) is 22.1 Å². The summed E-state index contributed by atoms with van der Waals surface area (Å²) in [5.41, 5.74) is 0. The monoisotopic (exact) mass is 247 g/mol. The molecule has 0 spiro atoms. The minimum atomic E-state index is 0.753. The first-order chi connectivity index (χ1) is 5.29. The summed E-state index contributed by atoms with van der Waals surface area (Å²) in [6.07, 6.45) is 1.72. The highest BCUT2D eigenvalue weighted by atomic mass is 79.9. The number of thiophene rings is 1. The third kappa shape index (κ3) is 1.17. The van der Waals surface area contributed by atoms with Gasteiger partial charge in [0.25, 0.3) is 0 Å². The molecule has 0 saturated heterocycles. The summed E-state index contributed by atoms with van der Waals surface area (Å²) < 4.78 is 1.02. The van der Waals surface area contributed by atoms with Crippen LogP contribution >= 0.6 is 38.9 Å². The maximum atomic E-state index is 5.94. The molecule has 1 nitrogen and oxygen atoms in total. The van der Waals surface area contributed by atoms with Gasteiger partial charge in [-0.15, -0.1) is 11.3 Å². The van der Waals surface area contributed by atoms with Gasteiger partial charge >= 0.3 is 0 Å². The van der Waals surface area contributed by atoms with E-state index in [2.05, 4.69) is 20.9 Å². The Morgan fingerprint density at radius 3 is 3.09 bits per heavy atom. The lowest BCUT2D eigenvalue weighted by molar-refractivity contribution is 1.44. The molecule has 2 aromatic heterocycles. The van der Waals surface area contributed by atoms with Crippen LogP contribution in [0.4, 0.5) is 0 Å². The Hall–Kier alpha value is -0.120. The number of nitrogens with zero attached hydrogens (tertiary/aromatic N) is 1. The maximum absolute atomic E-state index is 5.94. The third-order valence-corrected chi connectivity index (χ3v) is 3.51. The number of rotatable bonds is 0. The normalized spacial score (nSPS) is 10.7. The quantitative estimate of drug-likeness (QED) is 0.692. The zero-order chi connectivity index (χ0) is 7.84. The topological polar surface area (TPSA) is 12.9 Å². The largest absolute Gasteiger partial charge is 0.245 e. The first kappa shape index (κ1) is 7.53. The lowest BCUT2D eigenvalue weighted by atomic mass is 10.3. The Balaban J connectivity index is 2.96. The first-order valence-electron chi connectivity index (χ1n) is 2.96. The van der Waals surface area contributed by atoms with E-state index >= 15 is 0 Å². The molecule has 11 heavy (non-hydrogen) atoms. The Morgan fingerprint density at radius 1 is 1.55 bits per heavy atom. The predicted molar refractivity (Wildman–Crippen MR) is 52.3 cm³/mol. The Labute approximate surface area is 81.1 Å². The van der Waals surface area contributed by atoms with Gasteiger partial charge in [-0.05, 0) is 22.0 Å². The van der Waals surface area contributed by atoms with Crippen molar-refractivity contribution in [3.63, 3.8) is 0 Å². The zero-order valence-electron chi connectivity index (χ0n) is 5.34. The van der Waals surface area contributed by atoms with Crippen LogP contribution in [0, 0.1) is 0 Å². The standard InChI is InChI=1S/C7H3BrClNS/c8-4-3-11-7-6(4)5(9)1-2-10-7/h1-3H. The molecule has 2 rings (SSSR count). The third-order valence-electron chi connectivity index (χ3n) is 1.38. The van der Waals surface area contributed by atoms with Crippen LogP contribution in [0.3, 0.4) is 0 Å². The van der Waals surface area contributed by atoms with Gasteiger partial charge in [0.2, 0.25) is 0 Å². The van der Waals surface area contributed by atoms with Crippen molar-refractivity contribution in [3.8, 4) is 0 Å². The van der Waals surface area contributed by atoms with Crippen molar-refractivity contribution < 1.29 is 0 Å². The number of hydrogen-bond acceptors (Lipinski definition) is 2. The zero-order valence-corrected chi connectivity index (χ0v) is 8.50. The van der Waals surface area contributed by atoms with Gasteiger partial charge < -0.3 is 0 Å². The molecule has 0 unspecified atom stereocenters. The van der Waals surface area contributed by atoms with E-state index in [1.807, 2.05) is 5.38 Å². The number of hydrogen-bond donors (Lipinski definition) is 0. The fraction of sp³-hybridized carbons (Fsp3) is 0. The summed E-state index contributed by atoms with van der Waals surface area (Å²) in [5.74, 6) is 0. The molecule has 0 N–H and O–H groups in total. The van der Waals surface area contributed by atoms with Crippen molar-refractivity contribution in [2.45, 2.75) is 0 Å². The molecule has 0 aromatic carbocycles. The van der Waals surface area contributed by atoms with Crippen molar-refractivity contribution >= 4 is 49.1 Å². The maximum Gasteiger partial charge on any atom is 0.125 e. The average molecular weight is 249 g/mol. The highest BCUT2D eigenvalue weighted by Gasteiger charge is 2.04. The molecule has 0 aliphatic heterocycles. The molecule has 0 atom stereocenters. The smallest absolute Gasteiger partial charge is 0.125 e. The Morgan fingerprint density at radius 2 is 2.36 bits per heavy atom. The second-order valence-electron chi connectivity index (χ2n) is 2.06. The van der Waals surface area contributed by atoms with Gasteiger partial charge in [-0.3, -0.25) is 0 Å². The number of halogens is 2. The molecule has 0 aliphatic rings. The molecule has 0 fully saturated rings. The molecule has 4 heteroatoms. The van der Waals surface area contributed by atoms with Crippen LogP contribution in [0.2, 0.25) is 5.02 Å². The molecule has 56 valence electrons. The van der Waals surface area contributed by atoms with Crippen LogP contribution in [0.25, 0.3) is 10.2 Å². The Bertz CT molecular complexity index is 398. The van der Waals surface area contributed by atoms with Crippen molar-refractivity contribution in [2.75, 3.05) is 0 Å². The fourth-order valence-corrected chi connectivity index (χ4v) is 2.92. The fourth-order valence-electron chi connectivity index (χ4n) is 0.893. The first-order valence-corrected chi connectivity index (χ1v) is 5.01. The van der Waals surface area contributed by atoms with Crippen LogP contribution < -0.4 is 0 Å². The van der Waals surface area contributed by atoms with Crippen molar-refractivity contribution in [2.24, 2.45) is 0 Å². The van der Waals surface area contributed by atoms with Crippen LogP contribution in [0.5, 0.6) is 0 Å². The number of pyridine rings is 1. The molecule has 0 amide bonds. The van der Waals surface area contributed by atoms with E-state index in [9.17, 15) is 0 Å². The second-order valence-corrected chi connectivity index (χ2v) is 4.18. The minimum Gasteiger partial charge on any atom is -0.245 e. The van der Waals surface area contributed by atoms with Crippen molar-refractivity contribution in [1.29, 1.82) is 0 Å². The van der Waals surface area contributed by atoms with Crippen molar-refractivity contribution in [1.82, 2.24) is 4.98 Å². The molecule has 0 bridgehead atoms. The molecule has 0 aliphatic carbocycles. The van der Waals surface area contributed by atoms with E-state index < -0.39 is 0 Å². The van der Waals surface area contributed by atoms with E-state index in [4.69, 9.17) is 11.6 Å². The molecular formula is C7H3BrClNS. The van der Waals surface area contributed by atoms with Crippen molar-refractivity contribution in [3.05, 3.63) is 27.1 Å². The molecule has 2 aromatic rings. The van der Waals surface area contributed by atoms with Gasteiger partial charge in [0.15, 0.2) is 0 Å². The summed E-state index contributed by atoms with van der Waals surface area (Å²) in [6.45, 7) is 0. The average Bonchev–Trinajstić information content (AvgIpc) is 2.34. The van der Waals surface area contributed by atoms with E-state index in [1.165, 1.54) is 0 Å². The van der Waals surface area contributed by atoms with Gasteiger partial charge in [-0.1, -0.05) is 11.6 Å². The lowest BCUT2D eigenvalue weighted by Crippen LogP contribution is -1.71. The summed E-state index contributed by atoms with van der Waals surface area (Å²) in [6, 6.07) is 1.79.